The Labute approximate surface area is 195 Å². The number of aliphatic hydroxyl groups is 1. The average Bonchev–Trinajstić information content (AvgIpc) is 3.62. The van der Waals surface area contributed by atoms with Gasteiger partial charge in [-0.25, -0.2) is 0 Å². The molecular weight excluding hydrogens is 456 g/mol. The molecule has 8 atom stereocenters. The first-order chi connectivity index (χ1) is 16.3. The summed E-state index contributed by atoms with van der Waals surface area (Å²) in [6.07, 6.45) is 5.61. The number of carbonyl (C=O) groups is 4. The van der Waals surface area contributed by atoms with Crippen molar-refractivity contribution in [3.8, 4) is 0 Å². The van der Waals surface area contributed by atoms with Gasteiger partial charge in [0, 0.05) is 14.2 Å². The van der Waals surface area contributed by atoms with Gasteiger partial charge in [-0.1, -0.05) is 24.3 Å². The third-order valence-corrected chi connectivity index (χ3v) is 5.93. The number of aliphatic carboxylic acids is 1. The highest BCUT2D eigenvalue weighted by molar-refractivity contribution is 5.98. The fraction of sp³-hybridized carbons (Fsp3) is 0.636. The number of hydrogen-bond acceptors (Lipinski definition) is 11. The lowest BCUT2D eigenvalue weighted by molar-refractivity contribution is -0.157. The molecule has 0 radical (unpaired) electrons. The lowest BCUT2D eigenvalue weighted by atomic mass is 9.83. The van der Waals surface area contributed by atoms with Crippen LogP contribution in [-0.2, 0) is 47.6 Å². The van der Waals surface area contributed by atoms with E-state index in [1.807, 2.05) is 12.2 Å². The molecule has 0 saturated carbocycles. The van der Waals surface area contributed by atoms with Gasteiger partial charge in [-0.3, -0.25) is 19.2 Å². The smallest absolute Gasteiger partial charge is 0.320 e. The van der Waals surface area contributed by atoms with Crippen LogP contribution < -0.4 is 0 Å². The van der Waals surface area contributed by atoms with Crippen LogP contribution in [0.25, 0.3) is 0 Å². The molecule has 12 nitrogen and oxygen atoms in total. The number of esters is 3. The van der Waals surface area contributed by atoms with Crippen molar-refractivity contribution in [3.63, 3.8) is 0 Å². The topological polar surface area (TPSA) is 164 Å². The highest BCUT2D eigenvalue weighted by Crippen LogP contribution is 2.44. The molecule has 0 aromatic rings. The molecule has 3 fully saturated rings. The third-order valence-electron chi connectivity index (χ3n) is 5.93. The summed E-state index contributed by atoms with van der Waals surface area (Å²) in [7, 11) is 3.05. The number of cyclic esters (lactones) is 2. The van der Waals surface area contributed by atoms with E-state index in [0.29, 0.717) is 13.2 Å². The van der Waals surface area contributed by atoms with Crippen LogP contribution in [0.1, 0.15) is 0 Å². The van der Waals surface area contributed by atoms with E-state index in [-0.39, 0.29) is 37.3 Å². The summed E-state index contributed by atoms with van der Waals surface area (Å²) in [5.41, 5.74) is 0. The fourth-order valence-corrected chi connectivity index (χ4v) is 4.40. The number of aliphatic hydroxyl groups excluding tert-OH is 1. The van der Waals surface area contributed by atoms with Gasteiger partial charge in [0.05, 0.1) is 44.2 Å². The third kappa shape index (κ3) is 5.36. The molecular formula is C22H28O12. The van der Waals surface area contributed by atoms with E-state index in [0.717, 1.165) is 0 Å². The van der Waals surface area contributed by atoms with Gasteiger partial charge >= 0.3 is 23.9 Å². The second kappa shape index (κ2) is 11.7. The van der Waals surface area contributed by atoms with Crippen LogP contribution in [0.4, 0.5) is 0 Å². The molecule has 5 rings (SSSR count). The number of fused-ring (bicyclic) bond motifs is 7. The number of ether oxygens (including phenoxy) is 6. The monoisotopic (exact) mass is 484 g/mol. The van der Waals surface area contributed by atoms with Crippen molar-refractivity contribution >= 4 is 23.9 Å². The zero-order valence-corrected chi connectivity index (χ0v) is 18.7. The van der Waals surface area contributed by atoms with Gasteiger partial charge in [-0.15, -0.1) is 0 Å². The second-order valence-corrected chi connectivity index (χ2v) is 7.96. The SMILES string of the molecule is COCCO.COCCOC(=O)C1C2C=C[C@@H](O2)C1C(=O)O.O=C1OC(=O)C2C1C1C=C[C@H]2O1. The van der Waals surface area contributed by atoms with Crippen LogP contribution in [0.5, 0.6) is 0 Å². The molecule has 5 aliphatic rings. The van der Waals surface area contributed by atoms with Crippen LogP contribution >= 0.6 is 0 Å². The molecule has 5 aliphatic heterocycles. The van der Waals surface area contributed by atoms with Crippen molar-refractivity contribution in [2.45, 2.75) is 24.4 Å². The highest BCUT2D eigenvalue weighted by Gasteiger charge is 2.59. The van der Waals surface area contributed by atoms with Crippen LogP contribution in [0.2, 0.25) is 0 Å². The Balaban J connectivity index is 0.000000165. The summed E-state index contributed by atoms with van der Waals surface area (Å²) < 4.78 is 29.4. The Bertz CT molecular complexity index is 806. The Morgan fingerprint density at radius 3 is 1.79 bits per heavy atom. The van der Waals surface area contributed by atoms with E-state index in [1.165, 1.54) is 7.11 Å². The predicted octanol–water partition coefficient (Wildman–Crippen LogP) is -0.905. The van der Waals surface area contributed by atoms with Crippen LogP contribution in [0, 0.1) is 23.7 Å². The number of carboxylic acids is 1. The lowest BCUT2D eigenvalue weighted by Crippen LogP contribution is -2.37. The molecule has 0 aliphatic carbocycles. The first-order valence-electron chi connectivity index (χ1n) is 10.7. The van der Waals surface area contributed by atoms with Crippen molar-refractivity contribution in [1.82, 2.24) is 0 Å². The van der Waals surface area contributed by atoms with E-state index >= 15 is 0 Å². The molecule has 0 aromatic heterocycles. The van der Waals surface area contributed by atoms with E-state index in [9.17, 15) is 19.2 Å². The molecule has 3 saturated heterocycles. The van der Waals surface area contributed by atoms with Gasteiger partial charge in [0.1, 0.15) is 30.3 Å². The molecule has 4 bridgehead atoms. The Hall–Kier alpha value is -2.64. The van der Waals surface area contributed by atoms with Crippen molar-refractivity contribution in [1.29, 1.82) is 0 Å². The Kier molecular flexibility index (Phi) is 8.91. The van der Waals surface area contributed by atoms with Gasteiger partial charge in [0.15, 0.2) is 0 Å². The highest BCUT2D eigenvalue weighted by atomic mass is 16.6. The van der Waals surface area contributed by atoms with E-state index in [4.69, 9.17) is 29.2 Å². The zero-order valence-electron chi connectivity index (χ0n) is 18.7. The zero-order chi connectivity index (χ0) is 24.8. The minimum Gasteiger partial charge on any atom is -0.481 e. The molecule has 34 heavy (non-hydrogen) atoms. The molecule has 188 valence electrons. The van der Waals surface area contributed by atoms with Crippen molar-refractivity contribution < 1.29 is 57.8 Å². The van der Waals surface area contributed by atoms with Gasteiger partial charge in [-0.2, -0.15) is 0 Å². The summed E-state index contributed by atoms with van der Waals surface area (Å²) in [5, 5.41) is 17.0. The molecule has 5 heterocycles. The predicted molar refractivity (Wildman–Crippen MR) is 110 cm³/mol. The first kappa shape index (κ1) is 26.0. The fourth-order valence-electron chi connectivity index (χ4n) is 4.40. The largest absolute Gasteiger partial charge is 0.481 e. The maximum atomic E-state index is 11.8. The number of carboxylic acid groups (broad SMARTS) is 1. The second-order valence-electron chi connectivity index (χ2n) is 7.96. The molecule has 6 unspecified atom stereocenters. The quantitative estimate of drug-likeness (QED) is 0.198. The maximum Gasteiger partial charge on any atom is 0.320 e. The minimum absolute atomic E-state index is 0.122. The molecule has 0 aromatic carbocycles. The van der Waals surface area contributed by atoms with Gasteiger partial charge in [-0.05, 0) is 0 Å². The van der Waals surface area contributed by atoms with E-state index in [1.54, 1.807) is 19.3 Å². The van der Waals surface area contributed by atoms with Gasteiger partial charge in [0.25, 0.3) is 0 Å². The Morgan fingerprint density at radius 2 is 1.32 bits per heavy atom. The summed E-state index contributed by atoms with van der Waals surface area (Å²) in [4.78, 5) is 45.1. The van der Waals surface area contributed by atoms with Gasteiger partial charge < -0.3 is 38.6 Å². The standard InChI is InChI=1S/C11H14O6.C8H6O4.C3H8O2/c1-15-4-5-16-11(14)9-7-3-2-6(17-7)8(9)10(12)13;9-7-5-3-1-2-4(11-3)6(5)8(10)12-7;1-5-3-2-4/h2-3,6-9H,4-5H2,1H3,(H,12,13);1-6H;4H,2-3H2,1H3/t6-,7?,8?,9?;3-,4?,5?,6?;/m11./s1. The van der Waals surface area contributed by atoms with E-state index < -0.39 is 47.9 Å². The minimum atomic E-state index is -1.03. The number of methoxy groups -OCH3 is 2. The van der Waals surface area contributed by atoms with Gasteiger partial charge in [0.2, 0.25) is 0 Å². The molecule has 0 amide bonds. The molecule has 0 spiro atoms. The number of carbonyl (C=O) groups excluding carboxylic acids is 3. The van der Waals surface area contributed by atoms with E-state index in [2.05, 4.69) is 9.47 Å². The van der Waals surface area contributed by atoms with Crippen molar-refractivity contribution in [3.05, 3.63) is 24.3 Å². The summed E-state index contributed by atoms with van der Waals surface area (Å²) in [6.45, 7) is 0.983. The number of hydrogen-bond donors (Lipinski definition) is 2. The normalized spacial score (nSPS) is 35.3. The summed E-state index contributed by atoms with van der Waals surface area (Å²) >= 11 is 0. The Morgan fingerprint density at radius 1 is 0.824 bits per heavy atom. The molecule has 12 heteroatoms. The average molecular weight is 484 g/mol. The van der Waals surface area contributed by atoms with Crippen LogP contribution in [0.15, 0.2) is 24.3 Å². The number of rotatable bonds is 7. The summed E-state index contributed by atoms with van der Waals surface area (Å²) in [6, 6.07) is 0. The van der Waals surface area contributed by atoms with Crippen LogP contribution in [0.3, 0.4) is 0 Å². The van der Waals surface area contributed by atoms with Crippen LogP contribution in [-0.4, -0.2) is 99.2 Å². The maximum absolute atomic E-state index is 11.8. The van der Waals surface area contributed by atoms with Crippen molar-refractivity contribution in [2.75, 3.05) is 40.6 Å². The first-order valence-corrected chi connectivity index (χ1v) is 10.7. The summed E-state index contributed by atoms with van der Waals surface area (Å²) in [5.74, 6) is -4.76. The lowest BCUT2D eigenvalue weighted by Gasteiger charge is -2.19. The molecule has 2 N–H and O–H groups in total. The van der Waals surface area contributed by atoms with Crippen molar-refractivity contribution in [2.24, 2.45) is 23.7 Å².